The first kappa shape index (κ1) is 16.4. The summed E-state index contributed by atoms with van der Waals surface area (Å²) in [6.45, 7) is 4.71. The number of hydrogen-bond acceptors (Lipinski definition) is 5. The number of hydrogen-bond donors (Lipinski definition) is 1. The Bertz CT molecular complexity index is 617. The van der Waals surface area contributed by atoms with Crippen LogP contribution in [0.25, 0.3) is 10.2 Å². The van der Waals surface area contributed by atoms with Crippen LogP contribution in [0.3, 0.4) is 0 Å². The molecule has 0 unspecified atom stereocenters. The summed E-state index contributed by atoms with van der Waals surface area (Å²) in [6.07, 6.45) is 2.26. The van der Waals surface area contributed by atoms with Crippen LogP contribution in [-0.2, 0) is 4.74 Å². The number of rotatable bonds is 6. The first-order valence-electron chi connectivity index (χ1n) is 8.11. The topological polar surface area (TPSA) is 54.5 Å². The molecule has 0 radical (unpaired) electrons. The van der Waals surface area contributed by atoms with Gasteiger partial charge < -0.3 is 15.0 Å². The van der Waals surface area contributed by atoms with Crippen molar-refractivity contribution in [2.75, 3.05) is 39.9 Å². The maximum absolute atomic E-state index is 12.3. The molecule has 0 aliphatic carbocycles. The molecule has 1 aliphatic rings. The molecule has 0 atom stereocenters. The molecule has 1 aromatic heterocycles. The minimum atomic E-state index is -0.0481. The fourth-order valence-corrected chi connectivity index (χ4v) is 3.80. The molecule has 0 saturated carbocycles. The van der Waals surface area contributed by atoms with Crippen LogP contribution in [0.5, 0.6) is 0 Å². The molecule has 1 saturated heterocycles. The number of ether oxygens (including phenoxy) is 1. The molecule has 1 amide bonds. The second kappa shape index (κ2) is 7.86. The molecule has 1 N–H and O–H groups in total. The van der Waals surface area contributed by atoms with Crippen molar-refractivity contribution in [3.8, 4) is 0 Å². The van der Waals surface area contributed by atoms with E-state index in [0.29, 0.717) is 10.9 Å². The van der Waals surface area contributed by atoms with Crippen LogP contribution in [0.15, 0.2) is 24.3 Å². The highest BCUT2D eigenvalue weighted by atomic mass is 32.1. The van der Waals surface area contributed by atoms with Crippen molar-refractivity contribution in [1.82, 2.24) is 15.2 Å². The Kier molecular flexibility index (Phi) is 5.59. The van der Waals surface area contributed by atoms with Gasteiger partial charge in [0, 0.05) is 20.2 Å². The lowest BCUT2D eigenvalue weighted by Gasteiger charge is -2.31. The standard InChI is InChI=1S/C17H23N3O2S/c1-22-11-10-20-8-6-13(7-9-20)12-18-16(21)17-19-14-4-2-3-5-15(14)23-17/h2-5,13H,6-12H2,1H3,(H,18,21). The monoisotopic (exact) mass is 333 g/mol. The quantitative estimate of drug-likeness (QED) is 0.882. The summed E-state index contributed by atoms with van der Waals surface area (Å²) in [6, 6.07) is 7.86. The number of thiazole rings is 1. The van der Waals surface area contributed by atoms with E-state index < -0.39 is 0 Å². The van der Waals surface area contributed by atoms with Crippen molar-refractivity contribution in [3.63, 3.8) is 0 Å². The number of piperidine rings is 1. The first-order valence-corrected chi connectivity index (χ1v) is 8.93. The highest BCUT2D eigenvalue weighted by Crippen LogP contribution is 2.22. The zero-order valence-corrected chi connectivity index (χ0v) is 14.3. The second-order valence-corrected chi connectivity index (χ2v) is 7.01. The molecular weight excluding hydrogens is 310 g/mol. The summed E-state index contributed by atoms with van der Waals surface area (Å²) < 4.78 is 6.18. The van der Waals surface area contributed by atoms with Crippen molar-refractivity contribution >= 4 is 27.5 Å². The summed E-state index contributed by atoms with van der Waals surface area (Å²) in [5, 5.41) is 3.61. The van der Waals surface area contributed by atoms with Crippen molar-refractivity contribution in [2.24, 2.45) is 5.92 Å². The van der Waals surface area contributed by atoms with Gasteiger partial charge in [-0.2, -0.15) is 0 Å². The molecular formula is C17H23N3O2S. The van der Waals surface area contributed by atoms with Gasteiger partial charge in [0.15, 0.2) is 5.01 Å². The van der Waals surface area contributed by atoms with Crippen molar-refractivity contribution in [2.45, 2.75) is 12.8 Å². The summed E-state index contributed by atoms with van der Waals surface area (Å²) in [7, 11) is 1.74. The fraction of sp³-hybridized carbons (Fsp3) is 0.529. The fourth-order valence-electron chi connectivity index (χ4n) is 2.92. The van der Waals surface area contributed by atoms with Crippen LogP contribution in [-0.4, -0.2) is 55.7 Å². The summed E-state index contributed by atoms with van der Waals surface area (Å²) in [4.78, 5) is 19.1. The van der Waals surface area contributed by atoms with Gasteiger partial charge in [-0.1, -0.05) is 12.1 Å². The number of nitrogens with zero attached hydrogens (tertiary/aromatic N) is 2. The third-order valence-corrected chi connectivity index (χ3v) is 5.39. The predicted octanol–water partition coefficient (Wildman–Crippen LogP) is 2.38. The molecule has 5 nitrogen and oxygen atoms in total. The Labute approximate surface area is 140 Å². The number of fused-ring (bicyclic) bond motifs is 1. The van der Waals surface area contributed by atoms with Crippen LogP contribution in [0.4, 0.5) is 0 Å². The highest BCUT2D eigenvalue weighted by Gasteiger charge is 2.20. The summed E-state index contributed by atoms with van der Waals surface area (Å²) in [5.41, 5.74) is 0.897. The Morgan fingerprint density at radius 1 is 1.39 bits per heavy atom. The molecule has 0 spiro atoms. The number of carbonyl (C=O) groups excluding carboxylic acids is 1. The van der Waals surface area contributed by atoms with E-state index in [2.05, 4.69) is 15.2 Å². The van der Waals surface area contributed by atoms with Gasteiger partial charge in [0.1, 0.15) is 0 Å². The summed E-state index contributed by atoms with van der Waals surface area (Å²) >= 11 is 1.46. The summed E-state index contributed by atoms with van der Waals surface area (Å²) in [5.74, 6) is 0.514. The van der Waals surface area contributed by atoms with Crippen LogP contribution in [0.1, 0.15) is 22.6 Å². The van der Waals surface area contributed by atoms with E-state index in [0.717, 1.165) is 55.8 Å². The van der Waals surface area contributed by atoms with E-state index in [9.17, 15) is 4.79 Å². The van der Waals surface area contributed by atoms with Gasteiger partial charge in [0.2, 0.25) is 0 Å². The maximum atomic E-state index is 12.3. The zero-order valence-electron chi connectivity index (χ0n) is 13.5. The van der Waals surface area contributed by atoms with Crippen molar-refractivity contribution < 1.29 is 9.53 Å². The van der Waals surface area contributed by atoms with Gasteiger partial charge in [0.05, 0.1) is 16.8 Å². The van der Waals surface area contributed by atoms with E-state index in [4.69, 9.17) is 4.74 Å². The van der Waals surface area contributed by atoms with E-state index in [1.807, 2.05) is 24.3 Å². The molecule has 2 heterocycles. The van der Waals surface area contributed by atoms with Crippen LogP contribution in [0, 0.1) is 5.92 Å². The smallest absolute Gasteiger partial charge is 0.280 e. The lowest BCUT2D eigenvalue weighted by molar-refractivity contribution is 0.0926. The number of carbonyl (C=O) groups is 1. The lowest BCUT2D eigenvalue weighted by Crippen LogP contribution is -2.39. The minimum absolute atomic E-state index is 0.0481. The molecule has 2 aromatic rings. The van der Waals surface area contributed by atoms with Gasteiger partial charge in [0.25, 0.3) is 5.91 Å². The van der Waals surface area contributed by atoms with E-state index in [1.165, 1.54) is 11.3 Å². The van der Waals surface area contributed by atoms with Crippen LogP contribution in [0.2, 0.25) is 0 Å². The number of amides is 1. The third-order valence-electron chi connectivity index (χ3n) is 4.36. The van der Waals surface area contributed by atoms with Crippen molar-refractivity contribution in [1.29, 1.82) is 0 Å². The predicted molar refractivity (Wildman–Crippen MR) is 93.0 cm³/mol. The molecule has 23 heavy (non-hydrogen) atoms. The van der Waals surface area contributed by atoms with Gasteiger partial charge in [-0.25, -0.2) is 4.98 Å². The Balaban J connectivity index is 1.46. The maximum Gasteiger partial charge on any atom is 0.280 e. The average Bonchev–Trinajstić information content (AvgIpc) is 3.03. The third kappa shape index (κ3) is 4.28. The Morgan fingerprint density at radius 3 is 2.91 bits per heavy atom. The molecule has 0 bridgehead atoms. The molecule has 6 heteroatoms. The van der Waals surface area contributed by atoms with Gasteiger partial charge >= 0.3 is 0 Å². The Hall–Kier alpha value is -1.50. The highest BCUT2D eigenvalue weighted by molar-refractivity contribution is 7.20. The minimum Gasteiger partial charge on any atom is -0.383 e. The van der Waals surface area contributed by atoms with Gasteiger partial charge in [-0.05, 0) is 44.0 Å². The SMILES string of the molecule is COCCN1CCC(CNC(=O)c2nc3ccccc3s2)CC1. The molecule has 3 rings (SSSR count). The lowest BCUT2D eigenvalue weighted by atomic mass is 9.97. The second-order valence-electron chi connectivity index (χ2n) is 5.97. The first-order chi connectivity index (χ1) is 11.3. The van der Waals surface area contributed by atoms with E-state index >= 15 is 0 Å². The Morgan fingerprint density at radius 2 is 2.17 bits per heavy atom. The molecule has 124 valence electrons. The number of benzene rings is 1. The molecule has 1 aromatic carbocycles. The number of likely N-dealkylation sites (tertiary alicyclic amines) is 1. The molecule has 1 aliphatic heterocycles. The number of aromatic nitrogens is 1. The van der Waals surface area contributed by atoms with E-state index in [-0.39, 0.29) is 5.91 Å². The zero-order chi connectivity index (χ0) is 16.1. The van der Waals surface area contributed by atoms with Crippen LogP contribution < -0.4 is 5.32 Å². The van der Waals surface area contributed by atoms with Gasteiger partial charge in [-0.15, -0.1) is 11.3 Å². The van der Waals surface area contributed by atoms with Gasteiger partial charge in [-0.3, -0.25) is 4.79 Å². The normalized spacial score (nSPS) is 16.7. The average molecular weight is 333 g/mol. The largest absolute Gasteiger partial charge is 0.383 e. The number of para-hydroxylation sites is 1. The number of nitrogens with one attached hydrogen (secondary N) is 1. The van der Waals surface area contributed by atoms with Crippen molar-refractivity contribution in [3.05, 3.63) is 29.3 Å². The molecule has 1 fully saturated rings. The van der Waals surface area contributed by atoms with E-state index in [1.54, 1.807) is 7.11 Å². The van der Waals surface area contributed by atoms with Crippen LogP contribution >= 0.6 is 11.3 Å². The number of methoxy groups -OCH3 is 1.